The molecule has 0 saturated carbocycles. The standard InChI is InChI=1S/C12H17N.C2H6.CH2O2/c1-2-3-9-13-10-8-11-6-4-5-7-12(11)13;1-2;2-1-3/h4-7H,2-3,8-10H2,1H3;1-2H3;1H,(H,2,3). The van der Waals surface area contributed by atoms with Crippen LogP contribution in [0.1, 0.15) is 39.2 Å². The van der Waals surface area contributed by atoms with Crippen LogP contribution in [0.3, 0.4) is 0 Å². The first-order valence-electron chi connectivity index (χ1n) is 6.74. The van der Waals surface area contributed by atoms with E-state index in [0.29, 0.717) is 0 Å². The third kappa shape index (κ3) is 5.21. The van der Waals surface area contributed by atoms with Crippen molar-refractivity contribution in [1.29, 1.82) is 0 Å². The first-order chi connectivity index (χ1) is 8.83. The summed E-state index contributed by atoms with van der Waals surface area (Å²) in [4.78, 5) is 10.9. The summed E-state index contributed by atoms with van der Waals surface area (Å²) < 4.78 is 0. The molecule has 1 aromatic rings. The number of benzene rings is 1. The van der Waals surface area contributed by atoms with Crippen molar-refractivity contribution in [2.45, 2.75) is 40.0 Å². The van der Waals surface area contributed by atoms with E-state index in [1.54, 1.807) is 0 Å². The monoisotopic (exact) mass is 251 g/mol. The highest BCUT2D eigenvalue weighted by atomic mass is 16.3. The fourth-order valence-electron chi connectivity index (χ4n) is 1.99. The van der Waals surface area contributed by atoms with Crippen molar-refractivity contribution < 1.29 is 9.90 Å². The van der Waals surface area contributed by atoms with E-state index >= 15 is 0 Å². The molecule has 102 valence electrons. The van der Waals surface area contributed by atoms with Gasteiger partial charge in [-0.05, 0) is 24.5 Å². The Morgan fingerprint density at radius 1 is 1.33 bits per heavy atom. The summed E-state index contributed by atoms with van der Waals surface area (Å²) in [6.45, 7) is 8.45. The van der Waals surface area contributed by atoms with Crippen molar-refractivity contribution in [2.24, 2.45) is 0 Å². The summed E-state index contributed by atoms with van der Waals surface area (Å²) in [6.07, 6.45) is 3.84. The molecule has 1 heterocycles. The van der Waals surface area contributed by atoms with E-state index in [1.807, 2.05) is 13.8 Å². The van der Waals surface area contributed by atoms with E-state index in [0.717, 1.165) is 0 Å². The molecule has 3 nitrogen and oxygen atoms in total. The molecule has 1 aliphatic rings. The second kappa shape index (κ2) is 10.6. The highest BCUT2D eigenvalue weighted by molar-refractivity contribution is 5.57. The molecule has 1 N–H and O–H groups in total. The molecule has 1 aliphatic heterocycles. The number of fused-ring (bicyclic) bond motifs is 1. The number of nitrogens with zero attached hydrogens (tertiary/aromatic N) is 1. The predicted octanol–water partition coefficient (Wildman–Crippen LogP) is 3.58. The number of unbranched alkanes of at least 4 members (excludes halogenated alkanes) is 1. The highest BCUT2D eigenvalue weighted by Gasteiger charge is 2.16. The minimum absolute atomic E-state index is 0.250. The van der Waals surface area contributed by atoms with Crippen molar-refractivity contribution in [3.63, 3.8) is 0 Å². The Labute approximate surface area is 110 Å². The number of rotatable bonds is 3. The molecule has 0 fully saturated rings. The van der Waals surface area contributed by atoms with Gasteiger partial charge in [0.2, 0.25) is 0 Å². The van der Waals surface area contributed by atoms with Crippen LogP contribution in [0, 0.1) is 0 Å². The van der Waals surface area contributed by atoms with E-state index in [-0.39, 0.29) is 6.47 Å². The normalized spacial score (nSPS) is 11.6. The van der Waals surface area contributed by atoms with Crippen LogP contribution in [-0.2, 0) is 11.2 Å². The van der Waals surface area contributed by atoms with Gasteiger partial charge < -0.3 is 10.0 Å². The average molecular weight is 251 g/mol. The number of carbonyl (C=O) groups is 1. The van der Waals surface area contributed by atoms with E-state index in [4.69, 9.17) is 9.90 Å². The van der Waals surface area contributed by atoms with Crippen LogP contribution in [0.15, 0.2) is 24.3 Å². The minimum atomic E-state index is -0.250. The van der Waals surface area contributed by atoms with Crippen molar-refractivity contribution in [3.8, 4) is 0 Å². The number of anilines is 1. The Hall–Kier alpha value is -1.51. The minimum Gasteiger partial charge on any atom is -0.483 e. The lowest BCUT2D eigenvalue weighted by atomic mass is 10.2. The van der Waals surface area contributed by atoms with Gasteiger partial charge in [-0.15, -0.1) is 0 Å². The molecule has 3 heteroatoms. The molecular weight excluding hydrogens is 226 g/mol. The van der Waals surface area contributed by atoms with Crippen molar-refractivity contribution in [1.82, 2.24) is 0 Å². The van der Waals surface area contributed by atoms with Crippen LogP contribution in [0.25, 0.3) is 0 Å². The summed E-state index contributed by atoms with van der Waals surface area (Å²) in [7, 11) is 0. The van der Waals surface area contributed by atoms with E-state index < -0.39 is 0 Å². The zero-order valence-corrected chi connectivity index (χ0v) is 11.7. The SMILES string of the molecule is CC.CCCCN1CCc2ccccc21.O=CO. The smallest absolute Gasteiger partial charge is 0.290 e. The van der Waals surface area contributed by atoms with E-state index in [1.165, 1.54) is 43.6 Å². The zero-order valence-electron chi connectivity index (χ0n) is 11.7. The van der Waals surface area contributed by atoms with Gasteiger partial charge in [0.15, 0.2) is 0 Å². The summed E-state index contributed by atoms with van der Waals surface area (Å²) in [5, 5.41) is 6.89. The lowest BCUT2D eigenvalue weighted by Gasteiger charge is -2.18. The number of hydrogen-bond acceptors (Lipinski definition) is 2. The molecule has 0 spiro atoms. The second-order valence-corrected chi connectivity index (χ2v) is 3.82. The van der Waals surface area contributed by atoms with Crippen LogP contribution in [0.5, 0.6) is 0 Å². The Morgan fingerprint density at radius 2 is 1.94 bits per heavy atom. The van der Waals surface area contributed by atoms with Gasteiger partial charge in [0, 0.05) is 18.8 Å². The van der Waals surface area contributed by atoms with E-state index in [2.05, 4.69) is 36.1 Å². The maximum absolute atomic E-state index is 8.36. The number of hydrogen-bond donors (Lipinski definition) is 1. The maximum Gasteiger partial charge on any atom is 0.290 e. The average Bonchev–Trinajstić information content (AvgIpc) is 2.83. The fourth-order valence-corrected chi connectivity index (χ4v) is 1.99. The van der Waals surface area contributed by atoms with Crippen LogP contribution in [-0.4, -0.2) is 24.7 Å². The van der Waals surface area contributed by atoms with Crippen molar-refractivity contribution in [3.05, 3.63) is 29.8 Å². The van der Waals surface area contributed by atoms with Gasteiger partial charge >= 0.3 is 0 Å². The molecule has 18 heavy (non-hydrogen) atoms. The third-order valence-electron chi connectivity index (χ3n) is 2.76. The zero-order chi connectivity index (χ0) is 13.8. The molecule has 0 saturated heterocycles. The van der Waals surface area contributed by atoms with Gasteiger partial charge in [-0.25, -0.2) is 0 Å². The summed E-state index contributed by atoms with van der Waals surface area (Å²) in [5.41, 5.74) is 2.99. The first kappa shape index (κ1) is 16.5. The lowest BCUT2D eigenvalue weighted by Crippen LogP contribution is -2.21. The molecule has 1 aromatic carbocycles. The van der Waals surface area contributed by atoms with Gasteiger partial charge in [-0.2, -0.15) is 0 Å². The lowest BCUT2D eigenvalue weighted by molar-refractivity contribution is -0.122. The Morgan fingerprint density at radius 3 is 2.56 bits per heavy atom. The largest absolute Gasteiger partial charge is 0.483 e. The molecule has 0 atom stereocenters. The molecule has 0 radical (unpaired) electrons. The Balaban J connectivity index is 0.000000509. The van der Waals surface area contributed by atoms with Gasteiger partial charge in [0.05, 0.1) is 0 Å². The molecule has 0 amide bonds. The second-order valence-electron chi connectivity index (χ2n) is 3.82. The summed E-state index contributed by atoms with van der Waals surface area (Å²) >= 11 is 0. The molecule has 0 aromatic heterocycles. The topological polar surface area (TPSA) is 40.5 Å². The molecule has 0 bridgehead atoms. The van der Waals surface area contributed by atoms with Crippen LogP contribution >= 0.6 is 0 Å². The molecule has 0 aliphatic carbocycles. The van der Waals surface area contributed by atoms with Crippen LogP contribution < -0.4 is 4.90 Å². The van der Waals surface area contributed by atoms with E-state index in [9.17, 15) is 0 Å². The quantitative estimate of drug-likeness (QED) is 0.835. The Bertz CT molecular complexity index is 326. The number of para-hydroxylation sites is 1. The van der Waals surface area contributed by atoms with Crippen molar-refractivity contribution >= 4 is 12.2 Å². The summed E-state index contributed by atoms with van der Waals surface area (Å²) in [5.74, 6) is 0. The maximum atomic E-state index is 8.36. The number of carboxylic acid groups (broad SMARTS) is 1. The predicted molar refractivity (Wildman–Crippen MR) is 77.3 cm³/mol. The molecule has 2 rings (SSSR count). The first-order valence-corrected chi connectivity index (χ1v) is 6.74. The van der Waals surface area contributed by atoms with Gasteiger partial charge in [-0.3, -0.25) is 4.79 Å². The van der Waals surface area contributed by atoms with Gasteiger partial charge in [-0.1, -0.05) is 45.4 Å². The molecule has 0 unspecified atom stereocenters. The van der Waals surface area contributed by atoms with Crippen LogP contribution in [0.2, 0.25) is 0 Å². The third-order valence-corrected chi connectivity index (χ3v) is 2.76. The fraction of sp³-hybridized carbons (Fsp3) is 0.533. The van der Waals surface area contributed by atoms with Gasteiger partial charge in [0.1, 0.15) is 0 Å². The highest BCUT2D eigenvalue weighted by Crippen LogP contribution is 2.27. The van der Waals surface area contributed by atoms with Crippen molar-refractivity contribution in [2.75, 3.05) is 18.0 Å². The summed E-state index contributed by atoms with van der Waals surface area (Å²) in [6, 6.07) is 8.78. The van der Waals surface area contributed by atoms with Gasteiger partial charge in [0.25, 0.3) is 6.47 Å². The van der Waals surface area contributed by atoms with Crippen LogP contribution in [0.4, 0.5) is 5.69 Å². The Kier molecular flexibility index (Phi) is 9.74. The molecular formula is C15H25NO2.